The van der Waals surface area contributed by atoms with Crippen molar-refractivity contribution in [1.29, 1.82) is 0 Å². The van der Waals surface area contributed by atoms with E-state index in [2.05, 4.69) is 16.2 Å². The predicted molar refractivity (Wildman–Crippen MR) is 55.8 cm³/mol. The molecule has 69 valence electrons. The fourth-order valence-electron chi connectivity index (χ4n) is 1.41. The largest absolute Gasteiger partial charge is 0.256 e. The molecule has 2 heteroatoms. The molecule has 0 aromatic carbocycles. The van der Waals surface area contributed by atoms with Crippen LogP contribution in [0.4, 0.5) is 0 Å². The van der Waals surface area contributed by atoms with Crippen molar-refractivity contribution in [1.82, 2.24) is 9.97 Å². The van der Waals surface area contributed by atoms with E-state index in [1.807, 2.05) is 32.0 Å². The molecule has 0 fully saturated rings. The first-order chi connectivity index (χ1) is 6.79. The van der Waals surface area contributed by atoms with Crippen LogP contribution in [0.5, 0.6) is 0 Å². The number of hydrogen-bond donors (Lipinski definition) is 0. The number of aromatic nitrogens is 2. The molecule has 0 unspecified atom stereocenters. The van der Waals surface area contributed by atoms with Crippen LogP contribution >= 0.6 is 0 Å². The molecule has 0 bridgehead atoms. The first-order valence-corrected chi connectivity index (χ1v) is 4.54. The lowest BCUT2D eigenvalue weighted by Gasteiger charge is -2.05. The molecule has 0 atom stereocenters. The molecule has 0 aliphatic heterocycles. The minimum Gasteiger partial charge on any atom is -0.256 e. The van der Waals surface area contributed by atoms with Gasteiger partial charge in [-0.25, -0.2) is 0 Å². The molecule has 0 N–H and O–H groups in total. The van der Waals surface area contributed by atoms with Gasteiger partial charge in [0.15, 0.2) is 0 Å². The molecule has 0 amide bonds. The normalized spacial score (nSPS) is 10.1. The Labute approximate surface area is 83.7 Å². The number of pyridine rings is 2. The topological polar surface area (TPSA) is 25.8 Å². The van der Waals surface area contributed by atoms with Crippen LogP contribution in [0.2, 0.25) is 0 Å². The van der Waals surface area contributed by atoms with Crippen molar-refractivity contribution in [3.05, 3.63) is 47.9 Å². The highest BCUT2D eigenvalue weighted by Crippen LogP contribution is 2.21. The molecule has 2 nitrogen and oxygen atoms in total. The van der Waals surface area contributed by atoms with Gasteiger partial charge in [-0.15, -0.1) is 0 Å². The Balaban J connectivity index is 2.61. The van der Waals surface area contributed by atoms with Crippen molar-refractivity contribution in [2.45, 2.75) is 13.8 Å². The Bertz CT molecular complexity index is 406. The summed E-state index contributed by atoms with van der Waals surface area (Å²) in [5.74, 6) is 0. The van der Waals surface area contributed by atoms with E-state index >= 15 is 0 Å². The van der Waals surface area contributed by atoms with E-state index in [0.717, 1.165) is 22.4 Å². The van der Waals surface area contributed by atoms with Crippen molar-refractivity contribution < 1.29 is 0 Å². The van der Waals surface area contributed by atoms with Crippen molar-refractivity contribution in [3.63, 3.8) is 0 Å². The van der Waals surface area contributed by atoms with Gasteiger partial charge in [0.2, 0.25) is 0 Å². The molecular formula is C12H11N2. The second-order valence-corrected chi connectivity index (χ2v) is 3.28. The fraction of sp³-hybridized carbons (Fsp3) is 0.167. The minimum atomic E-state index is 0.970. The summed E-state index contributed by atoms with van der Waals surface area (Å²) in [6.45, 7) is 4.09. The lowest BCUT2D eigenvalue weighted by atomic mass is 10.0. The Kier molecular flexibility index (Phi) is 2.27. The average molecular weight is 183 g/mol. The van der Waals surface area contributed by atoms with Gasteiger partial charge in [0.25, 0.3) is 0 Å². The lowest BCUT2D eigenvalue weighted by molar-refractivity contribution is 1.21. The van der Waals surface area contributed by atoms with Gasteiger partial charge in [-0.3, -0.25) is 9.97 Å². The average Bonchev–Trinajstić information content (AvgIpc) is 2.20. The van der Waals surface area contributed by atoms with E-state index in [1.165, 1.54) is 0 Å². The summed E-state index contributed by atoms with van der Waals surface area (Å²) in [7, 11) is 0. The van der Waals surface area contributed by atoms with Gasteiger partial charge in [-0.05, 0) is 37.1 Å². The summed E-state index contributed by atoms with van der Waals surface area (Å²) in [4.78, 5) is 8.34. The van der Waals surface area contributed by atoms with E-state index in [-0.39, 0.29) is 0 Å². The maximum absolute atomic E-state index is 4.34. The third-order valence-electron chi connectivity index (χ3n) is 2.22. The summed E-state index contributed by atoms with van der Waals surface area (Å²) in [5, 5.41) is 0. The van der Waals surface area contributed by atoms with Gasteiger partial charge in [-0.2, -0.15) is 0 Å². The third-order valence-corrected chi connectivity index (χ3v) is 2.22. The Morgan fingerprint density at radius 3 is 2.64 bits per heavy atom. The summed E-state index contributed by atoms with van der Waals surface area (Å²) < 4.78 is 0. The van der Waals surface area contributed by atoms with Crippen molar-refractivity contribution in [2.24, 2.45) is 0 Å². The highest BCUT2D eigenvalue weighted by atomic mass is 14.7. The maximum Gasteiger partial charge on any atom is 0.0989 e. The molecule has 0 aliphatic rings. The Morgan fingerprint density at radius 1 is 1.07 bits per heavy atom. The van der Waals surface area contributed by atoms with E-state index in [0.29, 0.717) is 0 Å². The van der Waals surface area contributed by atoms with Gasteiger partial charge < -0.3 is 0 Å². The van der Waals surface area contributed by atoms with Crippen LogP contribution in [-0.2, 0) is 0 Å². The molecule has 2 rings (SSSR count). The molecule has 0 spiro atoms. The monoisotopic (exact) mass is 183 g/mol. The minimum absolute atomic E-state index is 0.970. The third kappa shape index (κ3) is 1.51. The molecule has 0 aliphatic carbocycles. The van der Waals surface area contributed by atoms with Crippen LogP contribution in [0.15, 0.2) is 30.6 Å². The lowest BCUT2D eigenvalue weighted by Crippen LogP contribution is -1.91. The van der Waals surface area contributed by atoms with E-state index in [4.69, 9.17) is 0 Å². The Morgan fingerprint density at radius 2 is 1.93 bits per heavy atom. The van der Waals surface area contributed by atoms with E-state index < -0.39 is 0 Å². The summed E-state index contributed by atoms with van der Waals surface area (Å²) in [6.07, 6.45) is 6.52. The standard InChI is InChI=1S/C12H11N2/c1-9-5-7-13-8-11(9)12-10(2)4-3-6-14-12/h3-7H,1-2H3. The molecule has 2 aromatic rings. The van der Waals surface area contributed by atoms with Crippen molar-refractivity contribution in [3.8, 4) is 11.3 Å². The SMILES string of the molecule is Cc1ccn[c]c1-c1ncccc1C. The van der Waals surface area contributed by atoms with Crippen LogP contribution in [0, 0.1) is 20.0 Å². The molecule has 0 saturated heterocycles. The molecular weight excluding hydrogens is 172 g/mol. The molecule has 1 radical (unpaired) electrons. The number of hydrogen-bond acceptors (Lipinski definition) is 2. The second kappa shape index (κ2) is 3.58. The van der Waals surface area contributed by atoms with Crippen LogP contribution in [0.3, 0.4) is 0 Å². The van der Waals surface area contributed by atoms with Gasteiger partial charge in [0, 0.05) is 18.0 Å². The van der Waals surface area contributed by atoms with Crippen LogP contribution in [0.1, 0.15) is 11.1 Å². The first-order valence-electron chi connectivity index (χ1n) is 4.54. The first kappa shape index (κ1) is 8.88. The second-order valence-electron chi connectivity index (χ2n) is 3.28. The maximum atomic E-state index is 4.34. The summed E-state index contributed by atoms with van der Waals surface area (Å²) in [6, 6.07) is 5.95. The van der Waals surface area contributed by atoms with E-state index in [9.17, 15) is 0 Å². The van der Waals surface area contributed by atoms with E-state index in [1.54, 1.807) is 12.4 Å². The molecule has 2 heterocycles. The predicted octanol–water partition coefficient (Wildman–Crippen LogP) is 2.56. The summed E-state index contributed by atoms with van der Waals surface area (Å²) in [5.41, 5.74) is 4.27. The zero-order valence-electron chi connectivity index (χ0n) is 8.28. The molecule has 14 heavy (non-hydrogen) atoms. The van der Waals surface area contributed by atoms with Gasteiger partial charge in [-0.1, -0.05) is 6.07 Å². The van der Waals surface area contributed by atoms with Crippen LogP contribution < -0.4 is 0 Å². The quantitative estimate of drug-likeness (QED) is 0.679. The molecule has 2 aromatic heterocycles. The number of aryl methyl sites for hydroxylation is 2. The number of nitrogens with zero attached hydrogens (tertiary/aromatic N) is 2. The fourth-order valence-corrected chi connectivity index (χ4v) is 1.41. The van der Waals surface area contributed by atoms with Crippen LogP contribution in [-0.4, -0.2) is 9.97 Å². The zero-order chi connectivity index (χ0) is 9.97. The number of rotatable bonds is 1. The van der Waals surface area contributed by atoms with Gasteiger partial charge in [0.05, 0.1) is 11.9 Å². The highest BCUT2D eigenvalue weighted by molar-refractivity contribution is 5.64. The summed E-state index contributed by atoms with van der Waals surface area (Å²) >= 11 is 0. The highest BCUT2D eigenvalue weighted by Gasteiger charge is 2.05. The van der Waals surface area contributed by atoms with Gasteiger partial charge >= 0.3 is 0 Å². The van der Waals surface area contributed by atoms with Crippen LogP contribution in [0.25, 0.3) is 11.3 Å². The Hall–Kier alpha value is -1.70. The van der Waals surface area contributed by atoms with Crippen molar-refractivity contribution >= 4 is 0 Å². The zero-order valence-corrected chi connectivity index (χ0v) is 8.28. The van der Waals surface area contributed by atoms with Gasteiger partial charge in [0.1, 0.15) is 0 Å². The van der Waals surface area contributed by atoms with Crippen molar-refractivity contribution in [2.75, 3.05) is 0 Å². The smallest absolute Gasteiger partial charge is 0.0989 e. The molecule has 0 saturated carbocycles.